The van der Waals surface area contributed by atoms with Gasteiger partial charge in [-0.2, -0.15) is 0 Å². The number of H-pyrrole nitrogens is 1. The van der Waals surface area contributed by atoms with Crippen molar-refractivity contribution in [1.82, 2.24) is 34.7 Å². The van der Waals surface area contributed by atoms with Crippen LogP contribution in [0.2, 0.25) is 0 Å². The molecular weight excluding hydrogens is 480 g/mol. The molecule has 1 amide bonds. The lowest BCUT2D eigenvalue weighted by Gasteiger charge is -2.38. The minimum Gasteiger partial charge on any atom is -0.378 e. The van der Waals surface area contributed by atoms with Crippen molar-refractivity contribution in [2.45, 2.75) is 32.4 Å². The van der Waals surface area contributed by atoms with Gasteiger partial charge in [-0.3, -0.25) is 9.69 Å². The highest BCUT2D eigenvalue weighted by molar-refractivity contribution is 5.83. The third-order valence-electron chi connectivity index (χ3n) is 7.41. The van der Waals surface area contributed by atoms with E-state index in [1.165, 1.54) is 5.56 Å². The Kier molecular flexibility index (Phi) is 6.73. The highest BCUT2D eigenvalue weighted by Gasteiger charge is 2.35. The molecule has 2 N–H and O–H groups in total. The standard InChI is InChI=1S/C28H32N8O2/c1-18(35-9-11-36(12-10-35)27(37)19-3-4-19)20-7-8-29-26(14-20)34-28-32-23-6-5-21(13-25(23)33-28)24-15-22(16-38-2)30-17-31-24/h5-8,13-15,17-19H,3-4,9-12,16H2,1-2H3,(H2,29,32,33,34). The van der Waals surface area contributed by atoms with E-state index in [1.54, 1.807) is 13.4 Å². The fraction of sp³-hybridized carbons (Fsp3) is 0.393. The first kappa shape index (κ1) is 24.4. The molecule has 10 nitrogen and oxygen atoms in total. The van der Waals surface area contributed by atoms with Gasteiger partial charge in [0.2, 0.25) is 11.9 Å². The molecular formula is C28H32N8O2. The van der Waals surface area contributed by atoms with Crippen molar-refractivity contribution in [3.8, 4) is 11.3 Å². The number of pyridine rings is 1. The third-order valence-corrected chi connectivity index (χ3v) is 7.41. The van der Waals surface area contributed by atoms with Crippen LogP contribution < -0.4 is 5.32 Å². The first-order valence-electron chi connectivity index (χ1n) is 13.1. The summed E-state index contributed by atoms with van der Waals surface area (Å²) in [4.78, 5) is 38.1. The molecule has 196 valence electrons. The molecule has 4 aromatic rings. The average molecular weight is 513 g/mol. The Morgan fingerprint density at radius 2 is 1.95 bits per heavy atom. The van der Waals surface area contributed by atoms with Crippen LogP contribution in [0.15, 0.2) is 48.9 Å². The van der Waals surface area contributed by atoms with Crippen LogP contribution in [-0.2, 0) is 16.1 Å². The Bertz CT molecular complexity index is 1440. The van der Waals surface area contributed by atoms with Gasteiger partial charge in [-0.05, 0) is 55.7 Å². The van der Waals surface area contributed by atoms with Crippen molar-refractivity contribution in [3.05, 3.63) is 60.2 Å². The van der Waals surface area contributed by atoms with Crippen LogP contribution in [0, 0.1) is 5.92 Å². The molecule has 2 fully saturated rings. The highest BCUT2D eigenvalue weighted by atomic mass is 16.5. The molecule has 1 atom stereocenters. The molecule has 10 heteroatoms. The van der Waals surface area contributed by atoms with E-state index in [-0.39, 0.29) is 6.04 Å². The summed E-state index contributed by atoms with van der Waals surface area (Å²) in [6.07, 6.45) is 5.51. The van der Waals surface area contributed by atoms with E-state index in [9.17, 15) is 4.79 Å². The summed E-state index contributed by atoms with van der Waals surface area (Å²) >= 11 is 0. The second kappa shape index (κ2) is 10.5. The number of benzene rings is 1. The van der Waals surface area contributed by atoms with E-state index >= 15 is 0 Å². The molecule has 0 bridgehead atoms. The number of amides is 1. The fourth-order valence-electron chi connectivity index (χ4n) is 5.04. The van der Waals surface area contributed by atoms with Crippen molar-refractivity contribution in [2.24, 2.45) is 5.92 Å². The van der Waals surface area contributed by atoms with Gasteiger partial charge in [0.1, 0.15) is 12.1 Å². The normalized spacial score (nSPS) is 17.1. The van der Waals surface area contributed by atoms with Gasteiger partial charge in [0.15, 0.2) is 0 Å². The van der Waals surface area contributed by atoms with Crippen LogP contribution >= 0.6 is 0 Å². The van der Waals surface area contributed by atoms with Gasteiger partial charge in [-0.25, -0.2) is 19.9 Å². The number of hydrogen-bond acceptors (Lipinski definition) is 8. The molecule has 1 aromatic carbocycles. The summed E-state index contributed by atoms with van der Waals surface area (Å²) in [7, 11) is 1.65. The second-order valence-electron chi connectivity index (χ2n) is 10.1. The molecule has 0 radical (unpaired) electrons. The number of fused-ring (bicyclic) bond motifs is 1. The molecule has 3 aromatic heterocycles. The Morgan fingerprint density at radius 1 is 1.11 bits per heavy atom. The van der Waals surface area contributed by atoms with Crippen LogP contribution in [0.25, 0.3) is 22.3 Å². The number of aromatic amines is 1. The van der Waals surface area contributed by atoms with Crippen LogP contribution in [0.5, 0.6) is 0 Å². The minimum absolute atomic E-state index is 0.228. The zero-order valence-corrected chi connectivity index (χ0v) is 21.7. The molecule has 0 spiro atoms. The first-order chi connectivity index (χ1) is 18.6. The summed E-state index contributed by atoms with van der Waals surface area (Å²) in [5.41, 5.74) is 5.57. The molecule has 2 aliphatic rings. The SMILES string of the molecule is COCc1cc(-c2ccc3nc(Nc4cc(C(C)N5CCN(C(=O)C6CC6)CC5)ccn4)[nH]c3c2)ncn1. The summed E-state index contributed by atoms with van der Waals surface area (Å²) in [5, 5.41) is 3.33. The van der Waals surface area contributed by atoms with Gasteiger partial charge in [-0.1, -0.05) is 6.07 Å². The molecule has 1 aliphatic heterocycles. The van der Waals surface area contributed by atoms with Gasteiger partial charge in [-0.15, -0.1) is 0 Å². The lowest BCUT2D eigenvalue weighted by atomic mass is 10.1. The van der Waals surface area contributed by atoms with Gasteiger partial charge in [0.05, 0.1) is 29.0 Å². The number of methoxy groups -OCH3 is 1. The van der Waals surface area contributed by atoms with E-state index in [0.29, 0.717) is 24.4 Å². The maximum absolute atomic E-state index is 12.4. The monoisotopic (exact) mass is 512 g/mol. The summed E-state index contributed by atoms with van der Waals surface area (Å²) in [6, 6.07) is 12.3. The van der Waals surface area contributed by atoms with E-state index in [0.717, 1.165) is 72.8 Å². The Labute approximate surface area is 221 Å². The smallest absolute Gasteiger partial charge is 0.225 e. The van der Waals surface area contributed by atoms with Gasteiger partial charge < -0.3 is 19.9 Å². The topological polar surface area (TPSA) is 112 Å². The molecule has 1 aliphatic carbocycles. The van der Waals surface area contributed by atoms with Crippen LogP contribution in [0.3, 0.4) is 0 Å². The number of nitrogens with one attached hydrogen (secondary N) is 2. The largest absolute Gasteiger partial charge is 0.378 e. The molecule has 4 heterocycles. The lowest BCUT2D eigenvalue weighted by Crippen LogP contribution is -2.49. The molecule has 1 saturated carbocycles. The number of carbonyl (C=O) groups excluding carboxylic acids is 1. The van der Waals surface area contributed by atoms with Crippen LogP contribution in [0.1, 0.15) is 37.1 Å². The molecule has 6 rings (SSSR count). The maximum atomic E-state index is 12.4. The number of piperazine rings is 1. The van der Waals surface area contributed by atoms with Crippen LogP contribution in [0.4, 0.5) is 11.8 Å². The fourth-order valence-corrected chi connectivity index (χ4v) is 5.04. The van der Waals surface area contributed by atoms with Crippen molar-refractivity contribution < 1.29 is 9.53 Å². The second-order valence-corrected chi connectivity index (χ2v) is 10.1. The number of hydrogen-bond donors (Lipinski definition) is 2. The average Bonchev–Trinajstić information content (AvgIpc) is 3.72. The number of nitrogens with zero attached hydrogens (tertiary/aromatic N) is 6. The summed E-state index contributed by atoms with van der Waals surface area (Å²) in [6.45, 7) is 6.03. The predicted octanol–water partition coefficient (Wildman–Crippen LogP) is 3.92. The van der Waals surface area contributed by atoms with Gasteiger partial charge in [0.25, 0.3) is 0 Å². The van der Waals surface area contributed by atoms with Crippen molar-refractivity contribution in [3.63, 3.8) is 0 Å². The molecule has 1 saturated heterocycles. The quantitative estimate of drug-likeness (QED) is 0.365. The zero-order valence-electron chi connectivity index (χ0n) is 21.7. The number of anilines is 2. The Morgan fingerprint density at radius 3 is 2.74 bits per heavy atom. The highest BCUT2D eigenvalue weighted by Crippen LogP contribution is 2.32. The third kappa shape index (κ3) is 5.23. The summed E-state index contributed by atoms with van der Waals surface area (Å²) in [5.74, 6) is 2.00. The Balaban J connectivity index is 1.13. The number of aromatic nitrogens is 5. The van der Waals surface area contributed by atoms with Crippen molar-refractivity contribution in [1.29, 1.82) is 0 Å². The van der Waals surface area contributed by atoms with Gasteiger partial charge >= 0.3 is 0 Å². The van der Waals surface area contributed by atoms with Crippen molar-refractivity contribution in [2.75, 3.05) is 38.6 Å². The number of ether oxygens (including phenoxy) is 1. The first-order valence-corrected chi connectivity index (χ1v) is 13.1. The van der Waals surface area contributed by atoms with E-state index in [4.69, 9.17) is 9.72 Å². The van der Waals surface area contributed by atoms with E-state index < -0.39 is 0 Å². The van der Waals surface area contributed by atoms with E-state index in [1.807, 2.05) is 35.4 Å². The number of rotatable bonds is 8. The predicted molar refractivity (Wildman–Crippen MR) is 145 cm³/mol. The summed E-state index contributed by atoms with van der Waals surface area (Å²) < 4.78 is 5.19. The molecule has 1 unspecified atom stereocenters. The van der Waals surface area contributed by atoms with Crippen molar-refractivity contribution >= 4 is 28.7 Å². The van der Waals surface area contributed by atoms with E-state index in [2.05, 4.69) is 49.2 Å². The maximum Gasteiger partial charge on any atom is 0.225 e. The zero-order chi connectivity index (χ0) is 26.1. The number of imidazole rings is 1. The minimum atomic E-state index is 0.228. The Hall–Kier alpha value is -3.89. The number of carbonyl (C=O) groups is 1. The molecule has 38 heavy (non-hydrogen) atoms. The van der Waals surface area contributed by atoms with Crippen LogP contribution in [-0.4, -0.2) is 73.9 Å². The van der Waals surface area contributed by atoms with Gasteiger partial charge in [0, 0.05) is 57.0 Å². The lowest BCUT2D eigenvalue weighted by molar-refractivity contribution is -0.134.